The van der Waals surface area contributed by atoms with E-state index >= 15 is 0 Å². The molecule has 128 valence electrons. The third-order valence-electron chi connectivity index (χ3n) is 2.95. The number of hydrogen-bond donors (Lipinski definition) is 2. The second-order valence-corrected chi connectivity index (χ2v) is 8.75. The Kier molecular flexibility index (Phi) is 6.15. The van der Waals surface area contributed by atoms with Crippen LogP contribution in [0.25, 0.3) is 0 Å². The molecule has 0 saturated carbocycles. The van der Waals surface area contributed by atoms with Crippen molar-refractivity contribution in [3.63, 3.8) is 0 Å². The first-order chi connectivity index (χ1) is 11.2. The van der Waals surface area contributed by atoms with Gasteiger partial charge in [-0.3, -0.25) is 9.52 Å². The summed E-state index contributed by atoms with van der Waals surface area (Å²) >= 11 is 7.27. The predicted molar refractivity (Wildman–Crippen MR) is 100 cm³/mol. The Balaban J connectivity index is 1.94. The van der Waals surface area contributed by atoms with Crippen molar-refractivity contribution in [2.45, 2.75) is 17.1 Å². The molecular formula is C16H17ClN2O3S2. The lowest BCUT2D eigenvalue weighted by atomic mass is 10.3. The molecule has 1 atom stereocenters. The zero-order chi connectivity index (χ0) is 17.7. The highest BCUT2D eigenvalue weighted by Crippen LogP contribution is 2.25. The van der Waals surface area contributed by atoms with E-state index in [0.717, 1.165) is 11.2 Å². The third kappa shape index (κ3) is 6.07. The van der Waals surface area contributed by atoms with Gasteiger partial charge < -0.3 is 5.32 Å². The summed E-state index contributed by atoms with van der Waals surface area (Å²) in [6, 6.07) is 13.8. The minimum Gasteiger partial charge on any atom is -0.325 e. The fourth-order valence-electron chi connectivity index (χ4n) is 1.85. The van der Waals surface area contributed by atoms with Gasteiger partial charge in [0.1, 0.15) is 0 Å². The van der Waals surface area contributed by atoms with Gasteiger partial charge in [-0.1, -0.05) is 11.6 Å². The molecule has 1 unspecified atom stereocenters. The van der Waals surface area contributed by atoms with Crippen LogP contribution in [0.5, 0.6) is 0 Å². The van der Waals surface area contributed by atoms with Crippen LogP contribution in [0.15, 0.2) is 53.4 Å². The van der Waals surface area contributed by atoms with E-state index in [1.54, 1.807) is 36.4 Å². The van der Waals surface area contributed by atoms with Crippen molar-refractivity contribution >= 4 is 50.7 Å². The highest BCUT2D eigenvalue weighted by Gasteiger charge is 2.14. The van der Waals surface area contributed by atoms with E-state index in [-0.39, 0.29) is 11.2 Å². The largest absolute Gasteiger partial charge is 0.325 e. The van der Waals surface area contributed by atoms with E-state index in [1.807, 2.05) is 19.1 Å². The van der Waals surface area contributed by atoms with Crippen molar-refractivity contribution in [1.82, 2.24) is 0 Å². The minimum absolute atomic E-state index is 0.140. The SMILES string of the molecule is CC(Sc1ccc(Cl)cc1)C(=O)Nc1ccc(NS(C)(=O)=O)cc1. The Morgan fingerprint density at radius 3 is 2.12 bits per heavy atom. The van der Waals surface area contributed by atoms with E-state index in [1.165, 1.54) is 11.8 Å². The van der Waals surface area contributed by atoms with Crippen molar-refractivity contribution in [2.75, 3.05) is 16.3 Å². The van der Waals surface area contributed by atoms with E-state index in [4.69, 9.17) is 11.6 Å². The van der Waals surface area contributed by atoms with Crippen LogP contribution >= 0.6 is 23.4 Å². The van der Waals surface area contributed by atoms with E-state index in [9.17, 15) is 13.2 Å². The number of carbonyl (C=O) groups is 1. The van der Waals surface area contributed by atoms with Gasteiger partial charge in [0.25, 0.3) is 0 Å². The van der Waals surface area contributed by atoms with Crippen LogP contribution in [0, 0.1) is 0 Å². The first-order valence-corrected chi connectivity index (χ1v) is 10.2. The van der Waals surface area contributed by atoms with Crippen LogP contribution in [0.2, 0.25) is 5.02 Å². The standard InChI is InChI=1S/C16H17ClN2O3S2/c1-11(23-15-9-3-12(17)4-10-15)16(20)18-13-5-7-14(8-6-13)19-24(2,21)22/h3-11,19H,1-2H3,(H,18,20). The van der Waals surface area contributed by atoms with E-state index in [2.05, 4.69) is 10.0 Å². The lowest BCUT2D eigenvalue weighted by Gasteiger charge is -2.12. The second-order valence-electron chi connectivity index (χ2n) is 5.15. The monoisotopic (exact) mass is 384 g/mol. The van der Waals surface area contributed by atoms with Crippen LogP contribution in [0.3, 0.4) is 0 Å². The third-order valence-corrected chi connectivity index (χ3v) is 4.92. The van der Waals surface area contributed by atoms with Crippen LogP contribution in [-0.4, -0.2) is 25.8 Å². The van der Waals surface area contributed by atoms with Gasteiger partial charge >= 0.3 is 0 Å². The predicted octanol–water partition coefficient (Wildman–Crippen LogP) is 3.83. The van der Waals surface area contributed by atoms with Gasteiger partial charge in [0.2, 0.25) is 15.9 Å². The molecule has 2 rings (SSSR count). The number of amides is 1. The normalized spacial score (nSPS) is 12.5. The topological polar surface area (TPSA) is 75.3 Å². The molecule has 2 aromatic carbocycles. The average molecular weight is 385 g/mol. The number of sulfonamides is 1. The highest BCUT2D eigenvalue weighted by atomic mass is 35.5. The zero-order valence-corrected chi connectivity index (χ0v) is 15.5. The Hall–Kier alpha value is -1.70. The molecule has 0 bridgehead atoms. The molecule has 5 nitrogen and oxygen atoms in total. The molecule has 8 heteroatoms. The molecule has 0 saturated heterocycles. The van der Waals surface area contributed by atoms with Gasteiger partial charge in [0, 0.05) is 21.3 Å². The first-order valence-electron chi connectivity index (χ1n) is 7.04. The van der Waals surface area contributed by atoms with Crippen molar-refractivity contribution in [1.29, 1.82) is 0 Å². The molecule has 0 aliphatic carbocycles. The number of benzene rings is 2. The molecule has 0 fully saturated rings. The summed E-state index contributed by atoms with van der Waals surface area (Å²) in [6.07, 6.45) is 1.08. The molecule has 2 aromatic rings. The van der Waals surface area contributed by atoms with Crippen molar-refractivity contribution in [3.05, 3.63) is 53.6 Å². The van der Waals surface area contributed by atoms with Crippen LogP contribution < -0.4 is 10.0 Å². The smallest absolute Gasteiger partial charge is 0.237 e. The summed E-state index contributed by atoms with van der Waals surface area (Å²) < 4.78 is 24.7. The molecule has 0 aromatic heterocycles. The minimum atomic E-state index is -3.31. The molecular weight excluding hydrogens is 368 g/mol. The summed E-state index contributed by atoms with van der Waals surface area (Å²) in [7, 11) is -3.31. The van der Waals surface area contributed by atoms with Crippen molar-refractivity contribution < 1.29 is 13.2 Å². The van der Waals surface area contributed by atoms with Crippen LogP contribution in [-0.2, 0) is 14.8 Å². The molecule has 0 aliphatic rings. The quantitative estimate of drug-likeness (QED) is 0.742. The van der Waals surface area contributed by atoms with Gasteiger partial charge in [0.15, 0.2) is 0 Å². The first kappa shape index (κ1) is 18.6. The second kappa shape index (κ2) is 7.92. The Labute approximate surface area is 150 Å². The molecule has 24 heavy (non-hydrogen) atoms. The maximum Gasteiger partial charge on any atom is 0.237 e. The van der Waals surface area contributed by atoms with Gasteiger partial charge in [0.05, 0.1) is 11.5 Å². The Morgan fingerprint density at radius 2 is 1.58 bits per heavy atom. The number of thioether (sulfide) groups is 1. The average Bonchev–Trinajstić information content (AvgIpc) is 2.50. The van der Waals surface area contributed by atoms with Crippen LogP contribution in [0.4, 0.5) is 11.4 Å². The Morgan fingerprint density at radius 1 is 1.04 bits per heavy atom. The molecule has 2 N–H and O–H groups in total. The molecule has 0 aliphatic heterocycles. The maximum atomic E-state index is 12.2. The number of anilines is 2. The molecule has 0 heterocycles. The van der Waals surface area contributed by atoms with E-state index < -0.39 is 10.0 Å². The summed E-state index contributed by atoms with van der Waals surface area (Å²) in [5.41, 5.74) is 1.04. The molecule has 1 amide bonds. The summed E-state index contributed by atoms with van der Waals surface area (Å²) in [5, 5.41) is 3.16. The number of carbonyl (C=O) groups excluding carboxylic acids is 1. The van der Waals surface area contributed by atoms with Crippen molar-refractivity contribution in [2.24, 2.45) is 0 Å². The zero-order valence-electron chi connectivity index (χ0n) is 13.1. The van der Waals surface area contributed by atoms with Gasteiger partial charge in [-0.15, -0.1) is 11.8 Å². The number of rotatable bonds is 6. The maximum absolute atomic E-state index is 12.2. The van der Waals surface area contributed by atoms with Gasteiger partial charge in [-0.25, -0.2) is 8.42 Å². The number of nitrogens with one attached hydrogen (secondary N) is 2. The molecule has 0 spiro atoms. The Bertz CT molecular complexity index is 806. The van der Waals surface area contributed by atoms with Crippen LogP contribution in [0.1, 0.15) is 6.92 Å². The summed E-state index contributed by atoms with van der Waals surface area (Å²) in [6.45, 7) is 1.81. The van der Waals surface area contributed by atoms with Crippen molar-refractivity contribution in [3.8, 4) is 0 Å². The lowest BCUT2D eigenvalue weighted by Crippen LogP contribution is -2.22. The lowest BCUT2D eigenvalue weighted by molar-refractivity contribution is -0.115. The highest BCUT2D eigenvalue weighted by molar-refractivity contribution is 8.00. The summed E-state index contributed by atoms with van der Waals surface area (Å²) in [4.78, 5) is 13.2. The fraction of sp³-hybridized carbons (Fsp3) is 0.188. The van der Waals surface area contributed by atoms with E-state index in [0.29, 0.717) is 16.4 Å². The summed E-state index contributed by atoms with van der Waals surface area (Å²) in [5.74, 6) is -0.140. The fourth-order valence-corrected chi connectivity index (χ4v) is 3.41. The number of hydrogen-bond acceptors (Lipinski definition) is 4. The number of halogens is 1. The van der Waals surface area contributed by atoms with Gasteiger partial charge in [-0.05, 0) is 55.5 Å². The molecule has 0 radical (unpaired) electrons. The van der Waals surface area contributed by atoms with Gasteiger partial charge in [-0.2, -0.15) is 0 Å².